The van der Waals surface area contributed by atoms with E-state index in [1.807, 2.05) is 0 Å². The van der Waals surface area contributed by atoms with Crippen molar-refractivity contribution in [3.05, 3.63) is 0 Å². The van der Waals surface area contributed by atoms with Gasteiger partial charge >= 0.3 is 0 Å². The van der Waals surface area contributed by atoms with Crippen molar-refractivity contribution in [3.8, 4) is 0 Å². The van der Waals surface area contributed by atoms with Crippen LogP contribution in [0.5, 0.6) is 0 Å². The minimum absolute atomic E-state index is 0.0355. The number of unbranched alkanes of at least 4 members (excludes halogenated alkanes) is 5. The lowest BCUT2D eigenvalue weighted by atomic mass is 10.0. The molecule has 6 heteroatoms. The molecular weight excluding hydrogens is 276 g/mol. The number of hydrogen-bond acceptors (Lipinski definition) is 6. The van der Waals surface area contributed by atoms with E-state index >= 15 is 0 Å². The number of carbonyl (C=O) groups excluding carboxylic acids is 1. The Morgan fingerprint density at radius 3 is 2.52 bits per heavy atom. The zero-order valence-electron chi connectivity index (χ0n) is 12.7. The number of rotatable bonds is 10. The number of carbonyl (C=O) groups is 1. The molecule has 0 radical (unpaired) electrons. The Bertz CT molecular complexity index is 285. The third-order valence-electron chi connectivity index (χ3n) is 3.76. The molecule has 124 valence electrons. The third-order valence-corrected chi connectivity index (χ3v) is 3.76. The number of hydrogen-bond donors (Lipinski definition) is 3. The zero-order chi connectivity index (χ0) is 15.7. The maximum atomic E-state index is 10.5. The molecule has 1 unspecified atom stereocenters. The van der Waals surface area contributed by atoms with Gasteiger partial charge in [-0.2, -0.15) is 0 Å². The molecular formula is C15H28O6. The van der Waals surface area contributed by atoms with E-state index in [-0.39, 0.29) is 12.9 Å². The first-order valence-corrected chi connectivity index (χ1v) is 7.86. The number of aliphatic hydroxyl groups excluding tert-OH is 3. The highest BCUT2D eigenvalue weighted by molar-refractivity contribution is 5.56. The number of aliphatic hydroxyl groups is 3. The molecule has 6 nitrogen and oxygen atoms in total. The van der Waals surface area contributed by atoms with Gasteiger partial charge in [0, 0.05) is 0 Å². The second kappa shape index (κ2) is 10.2. The fourth-order valence-corrected chi connectivity index (χ4v) is 2.43. The molecule has 0 amide bonds. The second-order valence-corrected chi connectivity index (χ2v) is 5.60. The normalized spacial score (nSPS) is 29.0. The maximum absolute atomic E-state index is 10.5. The van der Waals surface area contributed by atoms with Crippen molar-refractivity contribution in [1.82, 2.24) is 0 Å². The SMILES string of the molecule is CCCCCCCCC1OC[C@@H](O)[C@@H]([C@H](O)[C@@H](O)C=O)O1. The van der Waals surface area contributed by atoms with Crippen LogP contribution in [-0.2, 0) is 14.3 Å². The van der Waals surface area contributed by atoms with E-state index in [0.717, 1.165) is 12.8 Å². The van der Waals surface area contributed by atoms with Crippen molar-refractivity contribution in [3.63, 3.8) is 0 Å². The first kappa shape index (κ1) is 18.5. The van der Waals surface area contributed by atoms with Crippen LogP contribution in [0.25, 0.3) is 0 Å². The Hall–Kier alpha value is -0.530. The molecule has 5 atom stereocenters. The van der Waals surface area contributed by atoms with E-state index in [4.69, 9.17) is 9.47 Å². The van der Waals surface area contributed by atoms with Crippen LogP contribution in [0.4, 0.5) is 0 Å². The average Bonchev–Trinajstić information content (AvgIpc) is 2.50. The van der Waals surface area contributed by atoms with Gasteiger partial charge < -0.3 is 29.6 Å². The molecule has 1 heterocycles. The average molecular weight is 304 g/mol. The van der Waals surface area contributed by atoms with Gasteiger partial charge in [0.1, 0.15) is 24.4 Å². The van der Waals surface area contributed by atoms with Gasteiger partial charge in [0.15, 0.2) is 12.6 Å². The van der Waals surface area contributed by atoms with Crippen molar-refractivity contribution < 1.29 is 29.6 Å². The number of ether oxygens (including phenoxy) is 2. The molecule has 1 aliphatic heterocycles. The van der Waals surface area contributed by atoms with Crippen LogP contribution in [0.15, 0.2) is 0 Å². The summed E-state index contributed by atoms with van der Waals surface area (Å²) in [5, 5.41) is 28.8. The van der Waals surface area contributed by atoms with Crippen molar-refractivity contribution in [2.45, 2.75) is 82.6 Å². The molecule has 0 spiro atoms. The fourth-order valence-electron chi connectivity index (χ4n) is 2.43. The van der Waals surface area contributed by atoms with Crippen LogP contribution in [-0.4, -0.2) is 58.9 Å². The summed E-state index contributed by atoms with van der Waals surface area (Å²) in [7, 11) is 0. The summed E-state index contributed by atoms with van der Waals surface area (Å²) in [4.78, 5) is 10.5. The Balaban J connectivity index is 2.29. The van der Waals surface area contributed by atoms with Gasteiger partial charge in [-0.1, -0.05) is 39.0 Å². The summed E-state index contributed by atoms with van der Waals surface area (Å²) < 4.78 is 10.8. The molecule has 0 aromatic rings. The van der Waals surface area contributed by atoms with Gasteiger partial charge in [0.2, 0.25) is 0 Å². The van der Waals surface area contributed by atoms with Gasteiger partial charge in [-0.05, 0) is 12.8 Å². The van der Waals surface area contributed by atoms with Gasteiger partial charge in [0.05, 0.1) is 6.61 Å². The Morgan fingerprint density at radius 2 is 1.86 bits per heavy atom. The van der Waals surface area contributed by atoms with Crippen molar-refractivity contribution in [1.29, 1.82) is 0 Å². The van der Waals surface area contributed by atoms with Crippen molar-refractivity contribution >= 4 is 6.29 Å². The van der Waals surface area contributed by atoms with Crippen molar-refractivity contribution in [2.75, 3.05) is 6.61 Å². The zero-order valence-corrected chi connectivity index (χ0v) is 12.7. The largest absolute Gasteiger partial charge is 0.388 e. The standard InChI is InChI=1S/C15H28O6/c1-2-3-4-5-6-7-8-13-20-10-12(18)15(21-13)14(19)11(17)9-16/h9,11-15,17-19H,2-8,10H2,1H3/t11-,12+,13?,14+,15-/m0/s1. The second-order valence-electron chi connectivity index (χ2n) is 5.60. The molecule has 3 N–H and O–H groups in total. The lowest BCUT2D eigenvalue weighted by Crippen LogP contribution is -2.53. The molecule has 21 heavy (non-hydrogen) atoms. The molecule has 1 aliphatic rings. The summed E-state index contributed by atoms with van der Waals surface area (Å²) in [6.07, 6.45) is 2.29. The van der Waals surface area contributed by atoms with E-state index in [9.17, 15) is 20.1 Å². The summed E-state index contributed by atoms with van der Waals surface area (Å²) in [5.74, 6) is 0. The van der Waals surface area contributed by atoms with E-state index in [1.54, 1.807) is 0 Å². The first-order valence-electron chi connectivity index (χ1n) is 7.86. The van der Waals surface area contributed by atoms with Crippen LogP contribution in [0.2, 0.25) is 0 Å². The highest BCUT2D eigenvalue weighted by Crippen LogP contribution is 2.21. The summed E-state index contributed by atoms with van der Waals surface area (Å²) in [6.45, 7) is 2.21. The van der Waals surface area contributed by atoms with E-state index in [0.29, 0.717) is 6.42 Å². The summed E-state index contributed by atoms with van der Waals surface area (Å²) >= 11 is 0. The van der Waals surface area contributed by atoms with Gasteiger partial charge in [-0.3, -0.25) is 0 Å². The maximum Gasteiger partial charge on any atom is 0.158 e. The minimum Gasteiger partial charge on any atom is -0.388 e. The lowest BCUT2D eigenvalue weighted by molar-refractivity contribution is -0.278. The first-order chi connectivity index (χ1) is 10.1. The molecule has 0 bridgehead atoms. The monoisotopic (exact) mass is 304 g/mol. The molecule has 1 fully saturated rings. The van der Waals surface area contributed by atoms with Crippen LogP contribution < -0.4 is 0 Å². The third kappa shape index (κ3) is 6.40. The van der Waals surface area contributed by atoms with E-state index < -0.39 is 30.7 Å². The molecule has 1 rings (SSSR count). The van der Waals surface area contributed by atoms with Gasteiger partial charge in [-0.25, -0.2) is 0 Å². The number of aldehydes is 1. The van der Waals surface area contributed by atoms with Crippen LogP contribution >= 0.6 is 0 Å². The summed E-state index contributed by atoms with van der Waals surface area (Å²) in [6, 6.07) is 0. The highest BCUT2D eigenvalue weighted by atomic mass is 16.7. The predicted octanol–water partition coefficient (Wildman–Crippen LogP) is 0.760. The molecule has 0 aliphatic carbocycles. The fraction of sp³-hybridized carbons (Fsp3) is 0.933. The Morgan fingerprint density at radius 1 is 1.19 bits per heavy atom. The molecule has 0 aromatic heterocycles. The smallest absolute Gasteiger partial charge is 0.158 e. The molecule has 0 aromatic carbocycles. The topological polar surface area (TPSA) is 96.2 Å². The predicted molar refractivity (Wildman–Crippen MR) is 76.7 cm³/mol. The van der Waals surface area contributed by atoms with Gasteiger partial charge in [-0.15, -0.1) is 0 Å². The van der Waals surface area contributed by atoms with E-state index in [2.05, 4.69) is 6.92 Å². The van der Waals surface area contributed by atoms with Crippen LogP contribution in [0.3, 0.4) is 0 Å². The van der Waals surface area contributed by atoms with E-state index in [1.165, 1.54) is 25.7 Å². The highest BCUT2D eigenvalue weighted by Gasteiger charge is 2.38. The van der Waals surface area contributed by atoms with Gasteiger partial charge in [0.25, 0.3) is 0 Å². The molecule has 1 saturated heterocycles. The Labute approximate surface area is 126 Å². The minimum atomic E-state index is -1.56. The quantitative estimate of drug-likeness (QED) is 0.407. The van der Waals surface area contributed by atoms with Crippen LogP contribution in [0, 0.1) is 0 Å². The Kier molecular flexibility index (Phi) is 9.03. The summed E-state index contributed by atoms with van der Waals surface area (Å²) in [5.41, 5.74) is 0. The van der Waals surface area contributed by atoms with Crippen molar-refractivity contribution in [2.24, 2.45) is 0 Å². The molecule has 0 saturated carbocycles. The van der Waals surface area contributed by atoms with Crippen LogP contribution in [0.1, 0.15) is 51.9 Å². The lowest BCUT2D eigenvalue weighted by Gasteiger charge is -2.37.